The molecule has 0 atom stereocenters. The monoisotopic (exact) mass is 352 g/mol. The summed E-state index contributed by atoms with van der Waals surface area (Å²) in [4.78, 5) is 4.94. The fourth-order valence-electron chi connectivity index (χ4n) is 3.89. The maximum Gasteiger partial charge on any atom is 0.120 e. The van der Waals surface area contributed by atoms with Crippen LogP contribution in [0.5, 0.6) is 5.75 Å². The van der Waals surface area contributed by atoms with Gasteiger partial charge in [-0.15, -0.1) is 0 Å². The zero-order chi connectivity index (χ0) is 18.4. The van der Waals surface area contributed by atoms with Crippen molar-refractivity contribution in [2.75, 3.05) is 38.2 Å². The van der Waals surface area contributed by atoms with Crippen LogP contribution in [0.4, 0.5) is 5.69 Å². The molecule has 1 heterocycles. The van der Waals surface area contributed by atoms with E-state index in [2.05, 4.69) is 66.1 Å². The number of anilines is 1. The molecule has 0 unspecified atom stereocenters. The maximum absolute atomic E-state index is 5.37. The van der Waals surface area contributed by atoms with E-state index in [1.54, 1.807) is 7.11 Å². The Morgan fingerprint density at radius 1 is 1.04 bits per heavy atom. The summed E-state index contributed by atoms with van der Waals surface area (Å²) in [6.07, 6.45) is 2.58. The van der Waals surface area contributed by atoms with E-state index in [1.165, 1.54) is 49.3 Å². The molecule has 1 aliphatic rings. The molecule has 0 amide bonds. The lowest BCUT2D eigenvalue weighted by molar-refractivity contribution is 0.222. The molecule has 0 aliphatic carbocycles. The summed E-state index contributed by atoms with van der Waals surface area (Å²) >= 11 is 0. The van der Waals surface area contributed by atoms with E-state index in [0.717, 1.165) is 24.8 Å². The first-order valence-corrected chi connectivity index (χ1v) is 9.93. The number of likely N-dealkylation sites (tertiary alicyclic amines) is 1. The van der Waals surface area contributed by atoms with Crippen molar-refractivity contribution in [3.05, 3.63) is 59.7 Å². The van der Waals surface area contributed by atoms with Gasteiger partial charge in [-0.05, 0) is 68.6 Å². The van der Waals surface area contributed by atoms with E-state index in [1.807, 2.05) is 6.07 Å². The second kappa shape index (κ2) is 9.09. The van der Waals surface area contributed by atoms with E-state index < -0.39 is 0 Å². The lowest BCUT2D eigenvalue weighted by Crippen LogP contribution is -2.32. The van der Waals surface area contributed by atoms with Gasteiger partial charge in [-0.3, -0.25) is 0 Å². The molecule has 2 aromatic rings. The van der Waals surface area contributed by atoms with Crippen molar-refractivity contribution < 1.29 is 4.74 Å². The lowest BCUT2D eigenvalue weighted by Gasteiger charge is -2.31. The van der Waals surface area contributed by atoms with Crippen molar-refractivity contribution in [3.63, 3.8) is 0 Å². The number of benzene rings is 2. The Labute approximate surface area is 158 Å². The Kier molecular flexibility index (Phi) is 6.56. The number of hydrogen-bond donors (Lipinski definition) is 0. The lowest BCUT2D eigenvalue weighted by atomic mass is 9.89. The average molecular weight is 353 g/mol. The van der Waals surface area contributed by atoms with Crippen molar-refractivity contribution in [2.24, 2.45) is 0 Å². The minimum absolute atomic E-state index is 0.729. The summed E-state index contributed by atoms with van der Waals surface area (Å²) in [5.41, 5.74) is 4.08. The van der Waals surface area contributed by atoms with Crippen LogP contribution < -0.4 is 9.64 Å². The Morgan fingerprint density at radius 3 is 2.38 bits per heavy atom. The summed E-state index contributed by atoms with van der Waals surface area (Å²) in [6, 6.07) is 17.6. The third-order valence-corrected chi connectivity index (χ3v) is 5.66. The molecule has 0 spiro atoms. The molecule has 3 nitrogen and oxygen atoms in total. The van der Waals surface area contributed by atoms with Crippen LogP contribution in [0, 0.1) is 0 Å². The Hall–Kier alpha value is -2.00. The van der Waals surface area contributed by atoms with E-state index in [-0.39, 0.29) is 0 Å². The van der Waals surface area contributed by atoms with Gasteiger partial charge in [0.1, 0.15) is 5.75 Å². The maximum atomic E-state index is 5.37. The van der Waals surface area contributed by atoms with Crippen LogP contribution in [0.25, 0.3) is 0 Å². The molecule has 0 saturated carbocycles. The molecule has 0 radical (unpaired) electrons. The van der Waals surface area contributed by atoms with Crippen molar-refractivity contribution in [1.29, 1.82) is 0 Å². The van der Waals surface area contributed by atoms with Crippen molar-refractivity contribution >= 4 is 5.69 Å². The predicted molar refractivity (Wildman–Crippen MR) is 110 cm³/mol. The highest BCUT2D eigenvalue weighted by Crippen LogP contribution is 2.28. The van der Waals surface area contributed by atoms with Gasteiger partial charge in [0, 0.05) is 24.8 Å². The highest BCUT2D eigenvalue weighted by Gasteiger charge is 2.19. The summed E-state index contributed by atoms with van der Waals surface area (Å²) in [5.74, 6) is 1.64. The van der Waals surface area contributed by atoms with Crippen LogP contribution in [0.15, 0.2) is 48.5 Å². The summed E-state index contributed by atoms with van der Waals surface area (Å²) in [7, 11) is 1.72. The van der Waals surface area contributed by atoms with Crippen LogP contribution in [0.3, 0.4) is 0 Å². The fraction of sp³-hybridized carbons (Fsp3) is 0.478. The molecule has 1 fully saturated rings. The van der Waals surface area contributed by atoms with E-state index in [0.29, 0.717) is 0 Å². The van der Waals surface area contributed by atoms with E-state index >= 15 is 0 Å². The molecule has 1 aliphatic heterocycles. The topological polar surface area (TPSA) is 15.7 Å². The Bertz CT molecular complexity index is 675. The van der Waals surface area contributed by atoms with Gasteiger partial charge in [-0.1, -0.05) is 37.3 Å². The van der Waals surface area contributed by atoms with Gasteiger partial charge in [0.25, 0.3) is 0 Å². The molecule has 26 heavy (non-hydrogen) atoms. The number of methoxy groups -OCH3 is 1. The normalized spacial score (nSPS) is 15.8. The number of ether oxygens (including phenoxy) is 1. The third-order valence-electron chi connectivity index (χ3n) is 5.66. The molecular formula is C23H32N2O. The summed E-state index contributed by atoms with van der Waals surface area (Å²) in [6.45, 7) is 10.0. The van der Waals surface area contributed by atoms with E-state index in [9.17, 15) is 0 Å². The standard InChI is InChI=1S/C23H32N2O/c1-4-24-15-13-21(14-16-24)20-11-9-19(10-12-20)18-25(5-2)22-7-6-8-23(17-22)26-3/h6-12,17,21H,4-5,13-16,18H2,1-3H3. The van der Waals surface area contributed by atoms with Crippen molar-refractivity contribution in [1.82, 2.24) is 4.90 Å². The first-order valence-electron chi connectivity index (χ1n) is 9.93. The van der Waals surface area contributed by atoms with E-state index in [4.69, 9.17) is 4.74 Å². The van der Waals surface area contributed by atoms with Gasteiger partial charge >= 0.3 is 0 Å². The zero-order valence-corrected chi connectivity index (χ0v) is 16.4. The number of piperidine rings is 1. The highest BCUT2D eigenvalue weighted by molar-refractivity contribution is 5.51. The largest absolute Gasteiger partial charge is 0.497 e. The first-order chi connectivity index (χ1) is 12.7. The highest BCUT2D eigenvalue weighted by atomic mass is 16.5. The van der Waals surface area contributed by atoms with Crippen molar-refractivity contribution in [3.8, 4) is 5.75 Å². The molecule has 3 heteroatoms. The van der Waals surface area contributed by atoms with Gasteiger partial charge in [0.05, 0.1) is 7.11 Å². The molecular weight excluding hydrogens is 320 g/mol. The minimum atomic E-state index is 0.729. The van der Waals surface area contributed by atoms with Crippen LogP contribution in [-0.2, 0) is 6.54 Å². The SMILES string of the molecule is CCN1CCC(c2ccc(CN(CC)c3cccc(OC)c3)cc2)CC1. The van der Waals surface area contributed by atoms with Gasteiger partial charge < -0.3 is 14.5 Å². The molecule has 0 aromatic heterocycles. The number of nitrogens with zero attached hydrogens (tertiary/aromatic N) is 2. The van der Waals surface area contributed by atoms with Crippen molar-refractivity contribution in [2.45, 2.75) is 39.2 Å². The number of hydrogen-bond acceptors (Lipinski definition) is 3. The van der Waals surface area contributed by atoms with Gasteiger partial charge in [-0.2, -0.15) is 0 Å². The Balaban J connectivity index is 1.64. The number of rotatable bonds is 7. The summed E-state index contributed by atoms with van der Waals surface area (Å²) < 4.78 is 5.37. The summed E-state index contributed by atoms with van der Waals surface area (Å²) in [5, 5.41) is 0. The van der Waals surface area contributed by atoms with Crippen LogP contribution in [0.2, 0.25) is 0 Å². The molecule has 1 saturated heterocycles. The second-order valence-corrected chi connectivity index (χ2v) is 7.17. The first kappa shape index (κ1) is 18.8. The predicted octanol–water partition coefficient (Wildman–Crippen LogP) is 4.92. The molecule has 3 rings (SSSR count). The molecule has 0 bridgehead atoms. The van der Waals surface area contributed by atoms with Crippen LogP contribution in [0.1, 0.15) is 43.7 Å². The van der Waals surface area contributed by atoms with Crippen LogP contribution in [-0.4, -0.2) is 38.2 Å². The van der Waals surface area contributed by atoms with Crippen LogP contribution >= 0.6 is 0 Å². The zero-order valence-electron chi connectivity index (χ0n) is 16.4. The molecule has 2 aromatic carbocycles. The quantitative estimate of drug-likeness (QED) is 0.703. The fourth-order valence-corrected chi connectivity index (χ4v) is 3.89. The van der Waals surface area contributed by atoms with Gasteiger partial charge in [0.2, 0.25) is 0 Å². The average Bonchev–Trinajstić information content (AvgIpc) is 2.72. The smallest absolute Gasteiger partial charge is 0.120 e. The third kappa shape index (κ3) is 4.59. The van der Waals surface area contributed by atoms with Gasteiger partial charge in [-0.25, -0.2) is 0 Å². The van der Waals surface area contributed by atoms with Gasteiger partial charge in [0.15, 0.2) is 0 Å². The minimum Gasteiger partial charge on any atom is -0.497 e. The molecule has 140 valence electrons. The molecule has 0 N–H and O–H groups in total. The Morgan fingerprint density at radius 2 is 1.77 bits per heavy atom. The second-order valence-electron chi connectivity index (χ2n) is 7.17.